The van der Waals surface area contributed by atoms with Crippen molar-refractivity contribution in [1.29, 1.82) is 0 Å². The van der Waals surface area contributed by atoms with Crippen LogP contribution in [0.2, 0.25) is 5.02 Å². The lowest BCUT2D eigenvalue weighted by atomic mass is 10.1. The summed E-state index contributed by atoms with van der Waals surface area (Å²) in [7, 11) is 0. The molecule has 104 valence electrons. The Hall–Kier alpha value is -1.84. The van der Waals surface area contributed by atoms with Gasteiger partial charge < -0.3 is 10.4 Å². The molecule has 0 aliphatic rings. The van der Waals surface area contributed by atoms with Gasteiger partial charge in [-0.15, -0.1) is 0 Å². The van der Waals surface area contributed by atoms with Gasteiger partial charge in [0.15, 0.2) is 0 Å². The number of aliphatic carboxylic acids is 1. The molecule has 2 N–H and O–H groups in total. The Bertz CT molecular complexity index is 572. The molecule has 0 amide bonds. The van der Waals surface area contributed by atoms with Crippen LogP contribution in [0.25, 0.3) is 0 Å². The van der Waals surface area contributed by atoms with Gasteiger partial charge in [0, 0.05) is 11.6 Å². The number of carboxylic acids is 1. The molecule has 2 aromatic carbocycles. The van der Waals surface area contributed by atoms with Crippen LogP contribution in [0.1, 0.15) is 17.2 Å². The topological polar surface area (TPSA) is 49.3 Å². The molecule has 0 saturated heterocycles. The summed E-state index contributed by atoms with van der Waals surface area (Å²) >= 11 is 6.06. The van der Waals surface area contributed by atoms with Crippen LogP contribution in [0, 0.1) is 0 Å². The molecule has 0 radical (unpaired) electrons. The van der Waals surface area contributed by atoms with Gasteiger partial charge in [0.1, 0.15) is 6.04 Å². The van der Waals surface area contributed by atoms with Crippen LogP contribution < -0.4 is 5.32 Å². The van der Waals surface area contributed by atoms with Crippen LogP contribution in [0.3, 0.4) is 0 Å². The second kappa shape index (κ2) is 7.08. The molecule has 1 atom stereocenters. The first-order chi connectivity index (χ1) is 9.68. The second-order valence-corrected chi connectivity index (χ2v) is 4.89. The van der Waals surface area contributed by atoms with Crippen molar-refractivity contribution in [3.63, 3.8) is 0 Å². The number of nitrogens with one attached hydrogen (secondary N) is 1. The summed E-state index contributed by atoms with van der Waals surface area (Å²) in [5.74, 6) is -0.925. The molecule has 0 saturated carbocycles. The van der Waals surface area contributed by atoms with Gasteiger partial charge in [-0.25, -0.2) is 0 Å². The number of hydrogen-bond acceptors (Lipinski definition) is 2. The maximum atomic E-state index is 11.4. The molecule has 0 heterocycles. The first kappa shape index (κ1) is 14.6. The van der Waals surface area contributed by atoms with Gasteiger partial charge in [-0.2, -0.15) is 0 Å². The minimum Gasteiger partial charge on any atom is -0.480 e. The summed E-state index contributed by atoms with van der Waals surface area (Å²) in [5.41, 5.74) is 1.76. The van der Waals surface area contributed by atoms with E-state index in [0.717, 1.165) is 6.42 Å². The average molecular weight is 290 g/mol. The Morgan fingerprint density at radius 1 is 1.10 bits per heavy atom. The molecule has 0 spiro atoms. The van der Waals surface area contributed by atoms with E-state index in [-0.39, 0.29) is 0 Å². The van der Waals surface area contributed by atoms with Crippen molar-refractivity contribution >= 4 is 17.6 Å². The Morgan fingerprint density at radius 2 is 1.75 bits per heavy atom. The van der Waals surface area contributed by atoms with Crippen LogP contribution in [0.4, 0.5) is 0 Å². The SMILES string of the molecule is O=C(O)C(NCCc1ccccc1)c1ccccc1Cl. The summed E-state index contributed by atoms with van der Waals surface area (Å²) in [4.78, 5) is 11.4. The number of carbonyl (C=O) groups is 1. The number of hydrogen-bond donors (Lipinski definition) is 2. The monoisotopic (exact) mass is 289 g/mol. The highest BCUT2D eigenvalue weighted by Gasteiger charge is 2.20. The van der Waals surface area contributed by atoms with Crippen molar-refractivity contribution in [2.24, 2.45) is 0 Å². The van der Waals surface area contributed by atoms with Crippen molar-refractivity contribution in [2.45, 2.75) is 12.5 Å². The molecule has 2 aromatic rings. The Labute approximate surface area is 123 Å². The minimum absolute atomic E-state index is 0.465. The lowest BCUT2D eigenvalue weighted by molar-refractivity contribution is -0.139. The molecule has 20 heavy (non-hydrogen) atoms. The van der Waals surface area contributed by atoms with Gasteiger partial charge >= 0.3 is 5.97 Å². The predicted molar refractivity (Wildman–Crippen MR) is 80.0 cm³/mol. The van der Waals surface area contributed by atoms with E-state index in [0.29, 0.717) is 17.1 Å². The van der Waals surface area contributed by atoms with Crippen molar-refractivity contribution < 1.29 is 9.90 Å². The lowest BCUT2D eigenvalue weighted by Crippen LogP contribution is -2.30. The number of rotatable bonds is 6. The third kappa shape index (κ3) is 3.83. The smallest absolute Gasteiger partial charge is 0.325 e. The highest BCUT2D eigenvalue weighted by atomic mass is 35.5. The van der Waals surface area contributed by atoms with Crippen molar-refractivity contribution in [3.8, 4) is 0 Å². The molecule has 0 aliphatic heterocycles. The summed E-state index contributed by atoms with van der Waals surface area (Å²) < 4.78 is 0. The van der Waals surface area contributed by atoms with E-state index in [1.165, 1.54) is 5.56 Å². The van der Waals surface area contributed by atoms with E-state index >= 15 is 0 Å². The third-order valence-electron chi connectivity index (χ3n) is 3.07. The van der Waals surface area contributed by atoms with E-state index in [1.807, 2.05) is 30.3 Å². The fraction of sp³-hybridized carbons (Fsp3) is 0.188. The molecule has 0 aliphatic carbocycles. The molecule has 0 bridgehead atoms. The summed E-state index contributed by atoms with van der Waals surface area (Å²) in [5, 5.41) is 12.8. The van der Waals surface area contributed by atoms with E-state index in [1.54, 1.807) is 24.3 Å². The normalized spacial score (nSPS) is 12.1. The van der Waals surface area contributed by atoms with Gasteiger partial charge in [-0.1, -0.05) is 60.1 Å². The molecule has 0 fully saturated rings. The summed E-state index contributed by atoms with van der Waals surface area (Å²) in [6.07, 6.45) is 0.773. The van der Waals surface area contributed by atoms with E-state index in [9.17, 15) is 9.90 Å². The van der Waals surface area contributed by atoms with Gasteiger partial charge in [0.25, 0.3) is 0 Å². The van der Waals surface area contributed by atoms with Crippen molar-refractivity contribution in [3.05, 3.63) is 70.7 Å². The fourth-order valence-corrected chi connectivity index (χ4v) is 2.29. The van der Waals surface area contributed by atoms with Crippen molar-refractivity contribution in [2.75, 3.05) is 6.54 Å². The predicted octanol–water partition coefficient (Wildman–Crippen LogP) is 3.30. The number of benzene rings is 2. The molecule has 4 heteroatoms. The average Bonchev–Trinajstić information content (AvgIpc) is 2.45. The lowest BCUT2D eigenvalue weighted by Gasteiger charge is -2.16. The Kier molecular flexibility index (Phi) is 5.16. The quantitative estimate of drug-likeness (QED) is 0.858. The maximum Gasteiger partial charge on any atom is 0.325 e. The molecular formula is C16H16ClNO2. The van der Waals surface area contributed by atoms with E-state index in [4.69, 9.17) is 11.6 Å². The second-order valence-electron chi connectivity index (χ2n) is 4.48. The first-order valence-electron chi connectivity index (χ1n) is 6.43. The van der Waals surface area contributed by atoms with Gasteiger partial charge in [-0.05, 0) is 23.6 Å². The number of halogens is 1. The number of carboxylic acid groups (broad SMARTS) is 1. The summed E-state index contributed by atoms with van der Waals surface area (Å²) in [6, 6.07) is 16.2. The molecule has 1 unspecified atom stereocenters. The molecule has 3 nitrogen and oxygen atoms in total. The third-order valence-corrected chi connectivity index (χ3v) is 3.41. The van der Waals surface area contributed by atoms with Crippen molar-refractivity contribution in [1.82, 2.24) is 5.32 Å². The van der Waals surface area contributed by atoms with Crippen LogP contribution in [0.15, 0.2) is 54.6 Å². The Morgan fingerprint density at radius 3 is 2.40 bits per heavy atom. The largest absolute Gasteiger partial charge is 0.480 e. The zero-order valence-corrected chi connectivity index (χ0v) is 11.7. The molecular weight excluding hydrogens is 274 g/mol. The molecule has 0 aromatic heterocycles. The standard InChI is InChI=1S/C16H16ClNO2/c17-14-9-5-4-8-13(14)15(16(19)20)18-11-10-12-6-2-1-3-7-12/h1-9,15,18H,10-11H2,(H,19,20). The fourth-order valence-electron chi connectivity index (χ4n) is 2.05. The maximum absolute atomic E-state index is 11.4. The summed E-state index contributed by atoms with van der Waals surface area (Å²) in [6.45, 7) is 0.576. The van der Waals surface area contributed by atoms with Crippen LogP contribution in [-0.2, 0) is 11.2 Å². The van der Waals surface area contributed by atoms with Crippen LogP contribution in [-0.4, -0.2) is 17.6 Å². The zero-order chi connectivity index (χ0) is 14.4. The van der Waals surface area contributed by atoms with Crippen LogP contribution in [0.5, 0.6) is 0 Å². The van der Waals surface area contributed by atoms with E-state index < -0.39 is 12.0 Å². The van der Waals surface area contributed by atoms with Gasteiger partial charge in [0.2, 0.25) is 0 Å². The van der Waals surface area contributed by atoms with E-state index in [2.05, 4.69) is 5.32 Å². The first-order valence-corrected chi connectivity index (χ1v) is 6.81. The van der Waals surface area contributed by atoms with Gasteiger partial charge in [0.05, 0.1) is 0 Å². The molecule has 2 rings (SSSR count). The zero-order valence-electron chi connectivity index (χ0n) is 10.9. The van der Waals surface area contributed by atoms with Gasteiger partial charge in [-0.3, -0.25) is 4.79 Å². The van der Waals surface area contributed by atoms with Crippen LogP contribution >= 0.6 is 11.6 Å². The minimum atomic E-state index is -0.925. The Balaban J connectivity index is 2.01. The highest BCUT2D eigenvalue weighted by molar-refractivity contribution is 6.31. The highest BCUT2D eigenvalue weighted by Crippen LogP contribution is 2.22.